The highest BCUT2D eigenvalue weighted by molar-refractivity contribution is 5.84. The van der Waals surface area contributed by atoms with E-state index < -0.39 is 29.6 Å². The summed E-state index contributed by atoms with van der Waals surface area (Å²) in [6.07, 6.45) is -1.45. The fourth-order valence-electron chi connectivity index (χ4n) is 2.16. The molecule has 1 saturated carbocycles. The maximum Gasteiger partial charge on any atom is 0.417 e. The highest BCUT2D eigenvalue weighted by atomic mass is 19.4. The van der Waals surface area contributed by atoms with Crippen LogP contribution in [0.15, 0.2) is 0 Å². The Morgan fingerprint density at radius 2 is 1.75 bits per heavy atom. The molecule has 0 spiro atoms. The van der Waals surface area contributed by atoms with Gasteiger partial charge in [0.15, 0.2) is 0 Å². The molecule has 0 aliphatic heterocycles. The van der Waals surface area contributed by atoms with Gasteiger partial charge in [-0.2, -0.15) is 13.2 Å². The Morgan fingerprint density at radius 1 is 1.25 bits per heavy atom. The van der Waals surface area contributed by atoms with Crippen LogP contribution in [0.4, 0.5) is 13.2 Å². The van der Waals surface area contributed by atoms with Crippen molar-refractivity contribution in [3.8, 4) is 0 Å². The SMILES string of the molecule is CC(NC(C)(C(=O)O)C(F)(F)F)C(=O)NC1CCCC1. The number of amides is 1. The first kappa shape index (κ1) is 16.7. The number of alkyl halides is 3. The quantitative estimate of drug-likeness (QED) is 0.717. The van der Waals surface area contributed by atoms with Crippen molar-refractivity contribution in [1.29, 1.82) is 0 Å². The van der Waals surface area contributed by atoms with E-state index in [1.54, 1.807) is 0 Å². The van der Waals surface area contributed by atoms with E-state index in [9.17, 15) is 22.8 Å². The normalized spacial score (nSPS) is 21.2. The fraction of sp³-hybridized carbons (Fsp3) is 0.833. The van der Waals surface area contributed by atoms with Crippen molar-refractivity contribution in [1.82, 2.24) is 10.6 Å². The number of hydrogen-bond acceptors (Lipinski definition) is 3. The smallest absolute Gasteiger partial charge is 0.417 e. The molecule has 20 heavy (non-hydrogen) atoms. The number of nitrogens with one attached hydrogen (secondary N) is 2. The van der Waals surface area contributed by atoms with E-state index in [4.69, 9.17) is 5.11 Å². The Labute approximate surface area is 114 Å². The molecule has 1 aliphatic rings. The van der Waals surface area contributed by atoms with Crippen molar-refractivity contribution >= 4 is 11.9 Å². The van der Waals surface area contributed by atoms with Gasteiger partial charge in [0.2, 0.25) is 11.4 Å². The number of halogens is 3. The highest BCUT2D eigenvalue weighted by Gasteiger charge is 2.58. The van der Waals surface area contributed by atoms with Crippen LogP contribution < -0.4 is 10.6 Å². The molecular weight excluding hydrogens is 277 g/mol. The lowest BCUT2D eigenvalue weighted by atomic mass is 10.0. The molecule has 0 saturated heterocycles. The van der Waals surface area contributed by atoms with Crippen LogP contribution >= 0.6 is 0 Å². The van der Waals surface area contributed by atoms with E-state index in [-0.39, 0.29) is 6.04 Å². The summed E-state index contributed by atoms with van der Waals surface area (Å²) in [5.74, 6) is -2.68. The third-order valence-electron chi connectivity index (χ3n) is 3.59. The molecule has 0 bridgehead atoms. The minimum absolute atomic E-state index is 0.0336. The molecule has 1 fully saturated rings. The summed E-state index contributed by atoms with van der Waals surface area (Å²) >= 11 is 0. The Bertz CT molecular complexity index is 381. The van der Waals surface area contributed by atoms with Crippen LogP contribution in [0.1, 0.15) is 39.5 Å². The van der Waals surface area contributed by atoms with Crippen molar-refractivity contribution in [3.63, 3.8) is 0 Å². The molecular formula is C12H19F3N2O3. The molecule has 1 amide bonds. The van der Waals surface area contributed by atoms with Gasteiger partial charge in [-0.05, 0) is 26.7 Å². The molecule has 8 heteroatoms. The summed E-state index contributed by atoms with van der Waals surface area (Å²) in [6, 6.07) is -1.29. The van der Waals surface area contributed by atoms with Crippen LogP contribution in [0.2, 0.25) is 0 Å². The van der Waals surface area contributed by atoms with Gasteiger partial charge in [-0.25, -0.2) is 4.79 Å². The molecule has 116 valence electrons. The number of aliphatic carboxylic acids is 1. The zero-order chi connectivity index (χ0) is 15.6. The van der Waals surface area contributed by atoms with E-state index in [0.717, 1.165) is 25.7 Å². The summed E-state index contributed by atoms with van der Waals surface area (Å²) in [5, 5.41) is 13.3. The molecule has 1 aliphatic carbocycles. The van der Waals surface area contributed by atoms with E-state index in [1.165, 1.54) is 6.92 Å². The van der Waals surface area contributed by atoms with Gasteiger partial charge in [0.05, 0.1) is 6.04 Å². The number of carbonyl (C=O) groups excluding carboxylic acids is 1. The molecule has 0 aromatic carbocycles. The number of rotatable bonds is 5. The van der Waals surface area contributed by atoms with Crippen molar-refractivity contribution in [3.05, 3.63) is 0 Å². The molecule has 3 N–H and O–H groups in total. The first-order valence-corrected chi connectivity index (χ1v) is 6.46. The van der Waals surface area contributed by atoms with Crippen LogP contribution in [-0.4, -0.2) is 40.8 Å². The first-order valence-electron chi connectivity index (χ1n) is 6.46. The zero-order valence-electron chi connectivity index (χ0n) is 11.4. The Morgan fingerprint density at radius 3 is 2.15 bits per heavy atom. The van der Waals surface area contributed by atoms with E-state index in [2.05, 4.69) is 5.32 Å². The minimum atomic E-state index is -5.00. The molecule has 5 nitrogen and oxygen atoms in total. The van der Waals surface area contributed by atoms with Crippen LogP contribution in [0.3, 0.4) is 0 Å². The minimum Gasteiger partial charge on any atom is -0.480 e. The van der Waals surface area contributed by atoms with Gasteiger partial charge >= 0.3 is 12.1 Å². The predicted octanol–water partition coefficient (Wildman–Crippen LogP) is 1.43. The van der Waals surface area contributed by atoms with Gasteiger partial charge in [-0.1, -0.05) is 12.8 Å². The lowest BCUT2D eigenvalue weighted by Crippen LogP contribution is -2.65. The second-order valence-corrected chi connectivity index (χ2v) is 5.28. The topological polar surface area (TPSA) is 78.4 Å². The largest absolute Gasteiger partial charge is 0.480 e. The van der Waals surface area contributed by atoms with Crippen molar-refractivity contribution in [2.24, 2.45) is 0 Å². The summed E-state index contributed by atoms with van der Waals surface area (Å²) in [6.45, 7) is 1.73. The molecule has 1 rings (SSSR count). The van der Waals surface area contributed by atoms with Crippen molar-refractivity contribution in [2.75, 3.05) is 0 Å². The van der Waals surface area contributed by atoms with Gasteiger partial charge in [0.1, 0.15) is 0 Å². The van der Waals surface area contributed by atoms with Gasteiger partial charge in [0, 0.05) is 6.04 Å². The van der Waals surface area contributed by atoms with E-state index in [1.807, 2.05) is 5.32 Å². The number of carboxylic acid groups (broad SMARTS) is 1. The summed E-state index contributed by atoms with van der Waals surface area (Å²) < 4.78 is 38.4. The van der Waals surface area contributed by atoms with Crippen LogP contribution in [0.25, 0.3) is 0 Å². The maximum absolute atomic E-state index is 12.8. The highest BCUT2D eigenvalue weighted by Crippen LogP contribution is 2.30. The molecule has 0 aromatic heterocycles. The van der Waals surface area contributed by atoms with Gasteiger partial charge < -0.3 is 10.4 Å². The molecule has 0 aromatic rings. The second-order valence-electron chi connectivity index (χ2n) is 5.28. The standard InChI is InChI=1S/C12H19F3N2O3/c1-7(9(18)16-8-5-3-4-6-8)17-11(2,10(19)20)12(13,14)15/h7-8,17H,3-6H2,1-2H3,(H,16,18)(H,19,20). The van der Waals surface area contributed by atoms with Crippen LogP contribution in [-0.2, 0) is 9.59 Å². The molecule has 0 radical (unpaired) electrons. The molecule has 2 unspecified atom stereocenters. The van der Waals surface area contributed by atoms with Gasteiger partial charge in [-0.15, -0.1) is 0 Å². The van der Waals surface area contributed by atoms with Gasteiger partial charge in [-0.3, -0.25) is 10.1 Å². The lowest BCUT2D eigenvalue weighted by molar-refractivity contribution is -0.207. The number of carboxylic acids is 1. The number of carbonyl (C=O) groups is 2. The van der Waals surface area contributed by atoms with Crippen molar-refractivity contribution in [2.45, 2.75) is 63.3 Å². The first-order chi connectivity index (χ1) is 9.08. The van der Waals surface area contributed by atoms with E-state index in [0.29, 0.717) is 6.92 Å². The monoisotopic (exact) mass is 296 g/mol. The molecule has 0 heterocycles. The van der Waals surface area contributed by atoms with Crippen LogP contribution in [0.5, 0.6) is 0 Å². The van der Waals surface area contributed by atoms with Crippen LogP contribution in [0, 0.1) is 0 Å². The van der Waals surface area contributed by atoms with Crippen molar-refractivity contribution < 1.29 is 27.9 Å². The summed E-state index contributed by atoms with van der Waals surface area (Å²) in [4.78, 5) is 22.6. The molecule has 2 atom stereocenters. The Balaban J connectivity index is 2.68. The second kappa shape index (κ2) is 5.99. The maximum atomic E-state index is 12.8. The van der Waals surface area contributed by atoms with E-state index >= 15 is 0 Å². The fourth-order valence-corrected chi connectivity index (χ4v) is 2.16. The number of hydrogen-bond donors (Lipinski definition) is 3. The Kier molecular flexibility index (Phi) is 5.01. The third kappa shape index (κ3) is 3.62. The summed E-state index contributed by atoms with van der Waals surface area (Å²) in [5.41, 5.74) is -3.15. The average Bonchev–Trinajstić information content (AvgIpc) is 2.79. The average molecular weight is 296 g/mol. The zero-order valence-corrected chi connectivity index (χ0v) is 11.4. The van der Waals surface area contributed by atoms with Gasteiger partial charge in [0.25, 0.3) is 0 Å². The predicted molar refractivity (Wildman–Crippen MR) is 65.1 cm³/mol. The Hall–Kier alpha value is -1.31. The summed E-state index contributed by atoms with van der Waals surface area (Å²) in [7, 11) is 0. The lowest BCUT2D eigenvalue weighted by Gasteiger charge is -2.31. The third-order valence-corrected chi connectivity index (χ3v) is 3.59.